The molecule has 1 fully saturated rings. The first kappa shape index (κ1) is 37.5. The zero-order valence-corrected chi connectivity index (χ0v) is 29.9. The molecule has 0 unspecified atom stereocenters. The Morgan fingerprint density at radius 2 is 1.11 bits per heavy atom. The van der Waals surface area contributed by atoms with E-state index in [-0.39, 0.29) is 30.1 Å². The number of carbonyl (C=O) groups excluding carboxylic acids is 5. The summed E-state index contributed by atoms with van der Waals surface area (Å²) in [5.74, 6) is -2.43. The molecule has 1 heterocycles. The van der Waals surface area contributed by atoms with Crippen molar-refractivity contribution in [1.82, 2.24) is 26.2 Å². The van der Waals surface area contributed by atoms with E-state index in [2.05, 4.69) is 43.9 Å². The van der Waals surface area contributed by atoms with Gasteiger partial charge in [-0.2, -0.15) is 0 Å². The smallest absolute Gasteiger partial charge is 0.245 e. The lowest BCUT2D eigenvalue weighted by molar-refractivity contribution is -0.143. The highest BCUT2D eigenvalue weighted by Crippen LogP contribution is 2.18. The van der Waals surface area contributed by atoms with E-state index in [9.17, 15) is 24.0 Å². The van der Waals surface area contributed by atoms with Crippen LogP contribution in [0.5, 0.6) is 0 Å². The fourth-order valence-corrected chi connectivity index (χ4v) is 5.70. The zero-order chi connectivity index (χ0) is 33.3. The Morgan fingerprint density at radius 1 is 0.636 bits per heavy atom. The molecule has 0 spiro atoms. The maximum Gasteiger partial charge on any atom is 0.245 e. The average molecular weight is 724 g/mol. The van der Waals surface area contributed by atoms with E-state index in [4.69, 9.17) is 0 Å². The third kappa shape index (κ3) is 11.3. The fourth-order valence-electron chi connectivity index (χ4n) is 5.34. The Kier molecular flexibility index (Phi) is 14.6. The summed E-state index contributed by atoms with van der Waals surface area (Å²) in [5.41, 5.74) is 0.837. The van der Waals surface area contributed by atoms with Gasteiger partial charge in [0.2, 0.25) is 29.5 Å². The van der Waals surface area contributed by atoms with Crippen LogP contribution < -0.4 is 21.3 Å². The maximum absolute atomic E-state index is 14.0. The van der Waals surface area contributed by atoms with Crippen LogP contribution in [0.25, 0.3) is 0 Å². The molecule has 4 N–H and O–H groups in total. The summed E-state index contributed by atoms with van der Waals surface area (Å²) in [6, 6.07) is 3.02. The molecule has 10 nitrogen and oxygen atoms in total. The van der Waals surface area contributed by atoms with E-state index >= 15 is 0 Å². The van der Waals surface area contributed by atoms with Crippen LogP contribution in [0.4, 0.5) is 0 Å². The minimum absolute atomic E-state index is 0.0563. The molecular weight excluding hydrogens is 671 g/mol. The van der Waals surface area contributed by atoms with Crippen LogP contribution in [-0.4, -0.2) is 71.7 Å². The summed E-state index contributed by atoms with van der Waals surface area (Å²) in [5, 5.41) is 11.5. The molecule has 0 saturated carbocycles. The van der Waals surface area contributed by atoms with Crippen molar-refractivity contribution in [2.75, 3.05) is 7.05 Å². The maximum atomic E-state index is 14.0. The topological polar surface area (TPSA) is 137 Å². The Morgan fingerprint density at radius 3 is 1.64 bits per heavy atom. The van der Waals surface area contributed by atoms with Gasteiger partial charge < -0.3 is 26.2 Å². The molecule has 11 heteroatoms. The van der Waals surface area contributed by atoms with Crippen LogP contribution in [0.1, 0.15) is 80.2 Å². The van der Waals surface area contributed by atoms with Crippen molar-refractivity contribution < 1.29 is 24.0 Å². The molecular formula is C33H52IN5O5. The number of carbonyl (C=O) groups is 5. The third-order valence-electron chi connectivity index (χ3n) is 7.71. The molecule has 2 rings (SSSR count). The first-order chi connectivity index (χ1) is 20.5. The van der Waals surface area contributed by atoms with Gasteiger partial charge in [0.25, 0.3) is 0 Å². The quantitative estimate of drug-likeness (QED) is 0.290. The lowest BCUT2D eigenvalue weighted by Crippen LogP contribution is -2.59. The molecule has 5 amide bonds. The van der Waals surface area contributed by atoms with Crippen LogP contribution >= 0.6 is 22.6 Å². The highest BCUT2D eigenvalue weighted by molar-refractivity contribution is 14.1. The van der Waals surface area contributed by atoms with Crippen molar-refractivity contribution in [2.45, 2.75) is 111 Å². The van der Waals surface area contributed by atoms with E-state index in [1.807, 2.05) is 79.7 Å². The van der Waals surface area contributed by atoms with Crippen molar-refractivity contribution in [1.29, 1.82) is 0 Å². The minimum Gasteiger partial charge on any atom is -0.343 e. The normalized spacial score (nSPS) is 24.6. The van der Waals surface area contributed by atoms with Crippen LogP contribution in [-0.2, 0) is 30.4 Å². The number of benzene rings is 1. The van der Waals surface area contributed by atoms with E-state index in [1.165, 1.54) is 4.90 Å². The number of halogens is 1. The second-order valence-electron chi connectivity index (χ2n) is 13.6. The first-order valence-electron chi connectivity index (χ1n) is 15.7. The van der Waals surface area contributed by atoms with E-state index in [0.29, 0.717) is 19.3 Å². The van der Waals surface area contributed by atoms with Gasteiger partial charge in [0.05, 0.1) is 0 Å². The Labute approximate surface area is 276 Å². The van der Waals surface area contributed by atoms with Gasteiger partial charge in [0, 0.05) is 17.0 Å². The predicted molar refractivity (Wildman–Crippen MR) is 180 cm³/mol. The Hall–Kier alpha value is -2.70. The van der Waals surface area contributed by atoms with Gasteiger partial charge in [0.1, 0.15) is 30.2 Å². The summed E-state index contributed by atoms with van der Waals surface area (Å²) < 4.78 is 1.03. The molecule has 1 saturated heterocycles. The molecule has 1 aromatic rings. The molecule has 0 aromatic heterocycles. The standard InChI is InChI=1S/C33H52IN5O5/c1-18(2)14-24-29(40)35-25(17-22-10-12-23(34)13-11-22)30(41)37-26(15-19(3)4)33(44)39(9)27(16-20(5)6)31(42)38-28(21(7)8)32(43)36-24/h10-13,18-21,24-28H,14-17H2,1-9H3,(H,35,40)(H,36,43)(H,37,41)(H,38,42)/t24-,25-,26-,27-,28-/m0/s1/i34-2. The molecule has 5 atom stereocenters. The zero-order valence-electron chi connectivity index (χ0n) is 27.7. The van der Waals surface area contributed by atoms with Crippen LogP contribution in [0.2, 0.25) is 0 Å². The van der Waals surface area contributed by atoms with Crippen LogP contribution in [0, 0.1) is 27.2 Å². The minimum atomic E-state index is -1.00. The highest BCUT2D eigenvalue weighted by Gasteiger charge is 2.38. The van der Waals surface area contributed by atoms with Gasteiger partial charge in [-0.3, -0.25) is 24.0 Å². The van der Waals surface area contributed by atoms with Gasteiger partial charge >= 0.3 is 0 Å². The Balaban J connectivity index is 2.66. The van der Waals surface area contributed by atoms with E-state index in [0.717, 1.165) is 9.13 Å². The van der Waals surface area contributed by atoms with Crippen LogP contribution in [0.15, 0.2) is 24.3 Å². The van der Waals surface area contributed by atoms with Gasteiger partial charge in [0.15, 0.2) is 0 Å². The second kappa shape index (κ2) is 17.1. The number of rotatable bonds is 9. The van der Waals surface area contributed by atoms with Crippen molar-refractivity contribution in [3.8, 4) is 0 Å². The highest BCUT2D eigenvalue weighted by atomic mass is 125. The molecule has 1 aliphatic heterocycles. The molecule has 246 valence electrons. The fraction of sp³-hybridized carbons (Fsp3) is 0.667. The Bertz CT molecular complexity index is 1150. The number of nitrogens with zero attached hydrogens (tertiary/aromatic N) is 1. The first-order valence-corrected chi connectivity index (χ1v) is 16.8. The van der Waals surface area contributed by atoms with Gasteiger partial charge in [-0.1, -0.05) is 67.5 Å². The third-order valence-corrected chi connectivity index (χ3v) is 8.43. The molecule has 0 bridgehead atoms. The summed E-state index contributed by atoms with van der Waals surface area (Å²) >= 11 is 2.20. The summed E-state index contributed by atoms with van der Waals surface area (Å²) in [7, 11) is 1.57. The van der Waals surface area contributed by atoms with Crippen molar-refractivity contribution >= 4 is 52.1 Å². The molecule has 44 heavy (non-hydrogen) atoms. The SMILES string of the molecule is CC(C)C[C@@H]1NC(=O)[C@H](C(C)C)NC(=O)[C@H](CC(C)C)N(C)C(=O)[C@H](CC(C)C)NC(=O)[C@H](Cc2ccc([125I])cc2)NC1=O. The molecule has 1 aliphatic rings. The average Bonchev–Trinajstić information content (AvgIpc) is 2.92. The van der Waals surface area contributed by atoms with E-state index < -0.39 is 59.7 Å². The van der Waals surface area contributed by atoms with E-state index in [1.54, 1.807) is 7.05 Å². The summed E-state index contributed by atoms with van der Waals surface area (Å²) in [6.07, 6.45) is 1.25. The lowest BCUT2D eigenvalue weighted by Gasteiger charge is -2.34. The molecule has 0 aliphatic carbocycles. The van der Waals surface area contributed by atoms with Gasteiger partial charge in [-0.25, -0.2) is 0 Å². The summed E-state index contributed by atoms with van der Waals surface area (Å²) in [6.45, 7) is 15.4. The largest absolute Gasteiger partial charge is 0.343 e. The monoisotopic (exact) mass is 723 g/mol. The number of hydrogen-bond donors (Lipinski definition) is 4. The van der Waals surface area contributed by atoms with Crippen molar-refractivity contribution in [2.24, 2.45) is 23.7 Å². The molecule has 0 radical (unpaired) electrons. The number of amides is 5. The predicted octanol–water partition coefficient (Wildman–Crippen LogP) is 3.41. The number of likely N-dealkylation sites (N-methyl/N-ethyl adjacent to an activating group) is 1. The van der Waals surface area contributed by atoms with Crippen molar-refractivity contribution in [3.63, 3.8) is 0 Å². The second-order valence-corrected chi connectivity index (χ2v) is 14.8. The van der Waals surface area contributed by atoms with Gasteiger partial charge in [-0.15, -0.1) is 0 Å². The number of nitrogens with one attached hydrogen (secondary N) is 4. The van der Waals surface area contributed by atoms with Crippen molar-refractivity contribution in [3.05, 3.63) is 33.4 Å². The van der Waals surface area contributed by atoms with Crippen LogP contribution in [0.3, 0.4) is 0 Å². The number of hydrogen-bond acceptors (Lipinski definition) is 5. The van der Waals surface area contributed by atoms with Gasteiger partial charge in [-0.05, 0) is 83.2 Å². The molecule has 1 aromatic carbocycles. The lowest BCUT2D eigenvalue weighted by atomic mass is 9.97. The summed E-state index contributed by atoms with van der Waals surface area (Å²) in [4.78, 5) is 70.4.